The third kappa shape index (κ3) is 2.88. The van der Waals surface area contributed by atoms with Crippen LogP contribution in [0.5, 0.6) is 0 Å². The molecule has 0 spiro atoms. The largest absolute Gasteiger partial charge is 0.385 e. The smallest absolute Gasteiger partial charge is 0.265 e. The summed E-state index contributed by atoms with van der Waals surface area (Å²) in [6.07, 6.45) is -4.42. The Hall–Kier alpha value is -1.75. The number of benzene rings is 1. The second kappa shape index (κ2) is 5.05. The van der Waals surface area contributed by atoms with Crippen LogP contribution >= 0.6 is 0 Å². The zero-order valence-corrected chi connectivity index (χ0v) is 8.98. The van der Waals surface area contributed by atoms with Crippen LogP contribution in [0, 0.1) is 0 Å². The third-order valence-electron chi connectivity index (χ3n) is 2.38. The molecule has 2 aromatic rings. The molecule has 2 rings (SSSR count). The standard InChI is InChI=1S/C12H12F2N2O/c13-12(14)10(17)7-15-11-6-5-8-3-1-2-4-9(8)16-11/h1-6,10,12,17H,7H2,(H,15,16). The number of anilines is 1. The lowest BCUT2D eigenvalue weighted by Crippen LogP contribution is -2.27. The predicted molar refractivity (Wildman–Crippen MR) is 62.2 cm³/mol. The van der Waals surface area contributed by atoms with Gasteiger partial charge in [0.15, 0.2) is 0 Å². The monoisotopic (exact) mass is 238 g/mol. The van der Waals surface area contributed by atoms with Crippen molar-refractivity contribution in [2.75, 3.05) is 11.9 Å². The lowest BCUT2D eigenvalue weighted by molar-refractivity contribution is 0.00381. The number of halogens is 2. The van der Waals surface area contributed by atoms with Gasteiger partial charge in [0.25, 0.3) is 6.43 Å². The van der Waals surface area contributed by atoms with Crippen molar-refractivity contribution in [3.63, 3.8) is 0 Å². The molecular weight excluding hydrogens is 226 g/mol. The molecule has 0 aliphatic rings. The van der Waals surface area contributed by atoms with Crippen molar-refractivity contribution >= 4 is 16.7 Å². The molecule has 0 aliphatic heterocycles. The van der Waals surface area contributed by atoms with Gasteiger partial charge in [-0.1, -0.05) is 18.2 Å². The highest BCUT2D eigenvalue weighted by molar-refractivity contribution is 5.79. The number of alkyl halides is 2. The van der Waals surface area contributed by atoms with Crippen LogP contribution in [-0.2, 0) is 0 Å². The lowest BCUT2D eigenvalue weighted by Gasteiger charge is -2.11. The number of hydrogen-bond acceptors (Lipinski definition) is 3. The Kier molecular flexibility index (Phi) is 3.49. The minimum absolute atomic E-state index is 0.219. The number of para-hydroxylation sites is 1. The summed E-state index contributed by atoms with van der Waals surface area (Å²) in [4.78, 5) is 4.24. The van der Waals surface area contributed by atoms with Gasteiger partial charge in [-0.2, -0.15) is 0 Å². The van der Waals surface area contributed by atoms with Crippen LogP contribution in [0.15, 0.2) is 36.4 Å². The Morgan fingerprint density at radius 2 is 1.94 bits per heavy atom. The van der Waals surface area contributed by atoms with Crippen molar-refractivity contribution < 1.29 is 13.9 Å². The second-order valence-electron chi connectivity index (χ2n) is 3.67. The SMILES string of the molecule is OC(CNc1ccc2ccccc2n1)C(F)F. The van der Waals surface area contributed by atoms with E-state index in [2.05, 4.69) is 10.3 Å². The van der Waals surface area contributed by atoms with E-state index in [1.807, 2.05) is 30.3 Å². The molecule has 1 heterocycles. The van der Waals surface area contributed by atoms with E-state index in [1.165, 1.54) is 0 Å². The quantitative estimate of drug-likeness (QED) is 0.858. The van der Waals surface area contributed by atoms with Gasteiger partial charge in [-0.05, 0) is 18.2 Å². The van der Waals surface area contributed by atoms with E-state index in [9.17, 15) is 8.78 Å². The van der Waals surface area contributed by atoms with Gasteiger partial charge in [0.05, 0.1) is 5.52 Å². The lowest BCUT2D eigenvalue weighted by atomic mass is 10.2. The van der Waals surface area contributed by atoms with E-state index in [0.29, 0.717) is 5.82 Å². The maximum atomic E-state index is 12.1. The number of fused-ring (bicyclic) bond motifs is 1. The molecule has 0 saturated carbocycles. The van der Waals surface area contributed by atoms with Gasteiger partial charge >= 0.3 is 0 Å². The van der Waals surface area contributed by atoms with Crippen molar-refractivity contribution in [1.29, 1.82) is 0 Å². The fourth-order valence-electron chi connectivity index (χ4n) is 1.46. The van der Waals surface area contributed by atoms with E-state index in [-0.39, 0.29) is 6.54 Å². The summed E-state index contributed by atoms with van der Waals surface area (Å²) < 4.78 is 24.1. The van der Waals surface area contributed by atoms with Crippen LogP contribution in [0.25, 0.3) is 10.9 Å². The second-order valence-corrected chi connectivity index (χ2v) is 3.67. The first-order valence-electron chi connectivity index (χ1n) is 5.23. The molecule has 1 atom stereocenters. The third-order valence-corrected chi connectivity index (χ3v) is 2.38. The summed E-state index contributed by atoms with van der Waals surface area (Å²) in [5.74, 6) is 0.475. The number of nitrogens with one attached hydrogen (secondary N) is 1. The average Bonchev–Trinajstić information content (AvgIpc) is 2.35. The van der Waals surface area contributed by atoms with Gasteiger partial charge in [-0.15, -0.1) is 0 Å². The average molecular weight is 238 g/mol. The van der Waals surface area contributed by atoms with E-state index in [0.717, 1.165) is 10.9 Å². The normalized spacial score (nSPS) is 12.9. The Bertz CT molecular complexity index is 505. The molecule has 0 radical (unpaired) electrons. The number of aromatic nitrogens is 1. The number of aliphatic hydroxyl groups excluding tert-OH is 1. The molecule has 0 amide bonds. The molecule has 17 heavy (non-hydrogen) atoms. The number of nitrogens with zero attached hydrogens (tertiary/aromatic N) is 1. The Labute approximate surface area is 97.1 Å². The molecular formula is C12H12F2N2O. The zero-order chi connectivity index (χ0) is 12.3. The van der Waals surface area contributed by atoms with Crippen molar-refractivity contribution in [1.82, 2.24) is 4.98 Å². The van der Waals surface area contributed by atoms with Crippen LogP contribution in [0.3, 0.4) is 0 Å². The number of hydrogen-bond donors (Lipinski definition) is 2. The first kappa shape index (κ1) is 11.7. The number of aliphatic hydroxyl groups is 1. The molecule has 2 N–H and O–H groups in total. The number of rotatable bonds is 4. The van der Waals surface area contributed by atoms with Crippen LogP contribution in [0.1, 0.15) is 0 Å². The van der Waals surface area contributed by atoms with Gasteiger partial charge in [0.1, 0.15) is 11.9 Å². The van der Waals surface area contributed by atoms with Gasteiger partial charge in [0.2, 0.25) is 0 Å². The highest BCUT2D eigenvalue weighted by Crippen LogP contribution is 2.14. The van der Waals surface area contributed by atoms with Crippen molar-refractivity contribution in [3.05, 3.63) is 36.4 Å². The van der Waals surface area contributed by atoms with E-state index < -0.39 is 12.5 Å². The molecule has 0 saturated heterocycles. The first-order chi connectivity index (χ1) is 8.16. The van der Waals surface area contributed by atoms with E-state index >= 15 is 0 Å². The van der Waals surface area contributed by atoms with Crippen molar-refractivity contribution in [2.45, 2.75) is 12.5 Å². The van der Waals surface area contributed by atoms with E-state index in [4.69, 9.17) is 5.11 Å². The Morgan fingerprint density at radius 1 is 1.18 bits per heavy atom. The fourth-order valence-corrected chi connectivity index (χ4v) is 1.46. The minimum atomic E-state index is -2.75. The molecule has 0 bridgehead atoms. The zero-order valence-electron chi connectivity index (χ0n) is 8.98. The van der Waals surface area contributed by atoms with E-state index in [1.54, 1.807) is 6.07 Å². The summed E-state index contributed by atoms with van der Waals surface area (Å²) >= 11 is 0. The summed E-state index contributed by atoms with van der Waals surface area (Å²) in [5.41, 5.74) is 0.782. The molecule has 0 aliphatic carbocycles. The molecule has 1 aromatic carbocycles. The van der Waals surface area contributed by atoms with Crippen molar-refractivity contribution in [3.8, 4) is 0 Å². The molecule has 3 nitrogen and oxygen atoms in total. The highest BCUT2D eigenvalue weighted by atomic mass is 19.3. The Morgan fingerprint density at radius 3 is 2.71 bits per heavy atom. The number of pyridine rings is 1. The summed E-state index contributed by atoms with van der Waals surface area (Å²) in [7, 11) is 0. The fraction of sp³-hybridized carbons (Fsp3) is 0.250. The Balaban J connectivity index is 2.09. The van der Waals surface area contributed by atoms with Gasteiger partial charge in [-0.3, -0.25) is 0 Å². The molecule has 0 fully saturated rings. The molecule has 5 heteroatoms. The van der Waals surface area contributed by atoms with Crippen LogP contribution in [0.4, 0.5) is 14.6 Å². The summed E-state index contributed by atoms with van der Waals surface area (Å²) in [5, 5.41) is 12.6. The van der Waals surface area contributed by atoms with Crippen molar-refractivity contribution in [2.24, 2.45) is 0 Å². The maximum absolute atomic E-state index is 12.1. The predicted octanol–water partition coefficient (Wildman–Crippen LogP) is 2.27. The van der Waals surface area contributed by atoms with Gasteiger partial charge in [0, 0.05) is 11.9 Å². The summed E-state index contributed by atoms with van der Waals surface area (Å²) in [6.45, 7) is -0.219. The van der Waals surface area contributed by atoms with Gasteiger partial charge < -0.3 is 10.4 Å². The molecule has 90 valence electrons. The topological polar surface area (TPSA) is 45.1 Å². The first-order valence-corrected chi connectivity index (χ1v) is 5.23. The van der Waals surface area contributed by atoms with Crippen LogP contribution in [0.2, 0.25) is 0 Å². The molecule has 1 aromatic heterocycles. The van der Waals surface area contributed by atoms with Crippen LogP contribution in [-0.4, -0.2) is 29.2 Å². The van der Waals surface area contributed by atoms with Gasteiger partial charge in [-0.25, -0.2) is 13.8 Å². The minimum Gasteiger partial charge on any atom is -0.385 e. The highest BCUT2D eigenvalue weighted by Gasteiger charge is 2.16. The summed E-state index contributed by atoms with van der Waals surface area (Å²) in [6, 6.07) is 11.1. The maximum Gasteiger partial charge on any atom is 0.265 e. The van der Waals surface area contributed by atoms with Crippen LogP contribution < -0.4 is 5.32 Å². The molecule has 1 unspecified atom stereocenters.